The standard InChI is InChI=1S/C23H28ClFN4O.ClH/c1-15-14-26-22(13-21(15)29-10-2-3-11-29)27-17-5-7-18(8-6-17)28-23(30)16-4-9-20(25)19(24)12-16;/h4,9,12-14,17-18H,2-3,5-8,10-11H2,1H3,(H,26,27)(H,28,30);1H. The van der Waals surface area contributed by atoms with Crippen molar-refractivity contribution in [2.75, 3.05) is 23.3 Å². The van der Waals surface area contributed by atoms with Crippen molar-refractivity contribution in [1.82, 2.24) is 10.3 Å². The number of hydrogen-bond acceptors (Lipinski definition) is 4. The molecule has 0 spiro atoms. The summed E-state index contributed by atoms with van der Waals surface area (Å²) in [6, 6.07) is 6.70. The number of aryl methyl sites for hydroxylation is 1. The lowest BCUT2D eigenvalue weighted by molar-refractivity contribution is 0.0926. The van der Waals surface area contributed by atoms with Crippen molar-refractivity contribution in [3.8, 4) is 0 Å². The van der Waals surface area contributed by atoms with Crippen molar-refractivity contribution in [3.05, 3.63) is 52.4 Å². The fraction of sp³-hybridized carbons (Fsp3) is 0.478. The largest absolute Gasteiger partial charge is 0.371 e. The summed E-state index contributed by atoms with van der Waals surface area (Å²) in [6.45, 7) is 4.36. The van der Waals surface area contributed by atoms with Crippen molar-refractivity contribution in [3.63, 3.8) is 0 Å². The van der Waals surface area contributed by atoms with Gasteiger partial charge in [-0.25, -0.2) is 9.37 Å². The monoisotopic (exact) mass is 466 g/mol. The van der Waals surface area contributed by atoms with Crippen LogP contribution in [0.4, 0.5) is 15.9 Å². The molecule has 1 saturated heterocycles. The zero-order valence-corrected chi connectivity index (χ0v) is 19.2. The maximum absolute atomic E-state index is 13.3. The first-order valence-electron chi connectivity index (χ1n) is 10.7. The molecular weight excluding hydrogens is 438 g/mol. The molecule has 5 nitrogen and oxygen atoms in total. The molecule has 1 aromatic carbocycles. The van der Waals surface area contributed by atoms with Gasteiger partial charge >= 0.3 is 0 Å². The number of aromatic nitrogens is 1. The average Bonchev–Trinajstić information content (AvgIpc) is 3.27. The maximum atomic E-state index is 13.3. The van der Waals surface area contributed by atoms with Crippen LogP contribution in [0.2, 0.25) is 5.02 Å². The Morgan fingerprint density at radius 2 is 1.81 bits per heavy atom. The SMILES string of the molecule is Cc1cnc(NC2CCC(NC(=O)c3ccc(F)c(Cl)c3)CC2)cc1N1CCCC1.Cl. The van der Waals surface area contributed by atoms with Gasteiger partial charge in [0.05, 0.1) is 5.02 Å². The van der Waals surface area contributed by atoms with Crippen LogP contribution in [0.5, 0.6) is 0 Å². The van der Waals surface area contributed by atoms with E-state index >= 15 is 0 Å². The predicted molar refractivity (Wildman–Crippen MR) is 126 cm³/mol. The lowest BCUT2D eigenvalue weighted by atomic mass is 9.91. The van der Waals surface area contributed by atoms with Crippen LogP contribution in [0.25, 0.3) is 0 Å². The summed E-state index contributed by atoms with van der Waals surface area (Å²) in [5.74, 6) is 0.206. The van der Waals surface area contributed by atoms with Crippen LogP contribution in [0, 0.1) is 12.7 Å². The number of nitrogens with one attached hydrogen (secondary N) is 2. The van der Waals surface area contributed by atoms with Crippen molar-refractivity contribution >= 4 is 41.4 Å². The van der Waals surface area contributed by atoms with Gasteiger partial charge in [-0.1, -0.05) is 11.6 Å². The molecule has 1 aromatic heterocycles. The zero-order valence-electron chi connectivity index (χ0n) is 17.7. The normalized spacial score (nSPS) is 20.8. The molecule has 1 saturated carbocycles. The molecule has 0 unspecified atom stereocenters. The van der Waals surface area contributed by atoms with Gasteiger partial charge in [-0.2, -0.15) is 0 Å². The number of halogens is 3. The summed E-state index contributed by atoms with van der Waals surface area (Å²) in [7, 11) is 0. The number of benzene rings is 1. The quantitative estimate of drug-likeness (QED) is 0.622. The van der Waals surface area contributed by atoms with Gasteiger partial charge < -0.3 is 15.5 Å². The third-order valence-electron chi connectivity index (χ3n) is 6.12. The van der Waals surface area contributed by atoms with Crippen molar-refractivity contribution in [2.24, 2.45) is 0 Å². The molecule has 2 aliphatic rings. The van der Waals surface area contributed by atoms with E-state index in [0.717, 1.165) is 44.6 Å². The molecule has 1 aliphatic carbocycles. The van der Waals surface area contributed by atoms with Gasteiger partial charge in [0.25, 0.3) is 5.91 Å². The minimum atomic E-state index is -0.516. The first kappa shape index (κ1) is 23.6. The minimum absolute atomic E-state index is 0. The van der Waals surface area contributed by atoms with E-state index in [1.54, 1.807) is 0 Å². The smallest absolute Gasteiger partial charge is 0.251 e. The average molecular weight is 467 g/mol. The molecular formula is C23H29Cl2FN4O. The van der Waals surface area contributed by atoms with Crippen molar-refractivity contribution in [2.45, 2.75) is 57.5 Å². The van der Waals surface area contributed by atoms with E-state index in [4.69, 9.17) is 11.6 Å². The number of anilines is 2. The highest BCUT2D eigenvalue weighted by Gasteiger charge is 2.24. The van der Waals surface area contributed by atoms with Crippen LogP contribution in [0.1, 0.15) is 54.4 Å². The summed E-state index contributed by atoms with van der Waals surface area (Å²) < 4.78 is 13.3. The fourth-order valence-electron chi connectivity index (χ4n) is 4.39. The van der Waals surface area contributed by atoms with Crippen LogP contribution in [-0.4, -0.2) is 36.1 Å². The van der Waals surface area contributed by atoms with E-state index < -0.39 is 5.82 Å². The summed E-state index contributed by atoms with van der Waals surface area (Å²) >= 11 is 5.79. The summed E-state index contributed by atoms with van der Waals surface area (Å²) in [6.07, 6.45) is 8.17. The van der Waals surface area contributed by atoms with Crippen molar-refractivity contribution < 1.29 is 9.18 Å². The van der Waals surface area contributed by atoms with Crippen LogP contribution in [0.3, 0.4) is 0 Å². The second-order valence-corrected chi connectivity index (χ2v) is 8.75. The lowest BCUT2D eigenvalue weighted by Gasteiger charge is -2.30. The predicted octanol–water partition coefficient (Wildman–Crippen LogP) is 5.36. The molecule has 1 aliphatic heterocycles. The topological polar surface area (TPSA) is 57.3 Å². The van der Waals surface area contributed by atoms with E-state index in [1.165, 1.54) is 42.3 Å². The highest BCUT2D eigenvalue weighted by molar-refractivity contribution is 6.31. The maximum Gasteiger partial charge on any atom is 0.251 e. The van der Waals surface area contributed by atoms with Crippen molar-refractivity contribution in [1.29, 1.82) is 0 Å². The van der Waals surface area contributed by atoms with Gasteiger partial charge in [0.15, 0.2) is 0 Å². The lowest BCUT2D eigenvalue weighted by Crippen LogP contribution is -2.40. The Kier molecular flexibility index (Phi) is 8.00. The summed E-state index contributed by atoms with van der Waals surface area (Å²) in [5, 5.41) is 6.60. The molecule has 4 rings (SSSR count). The van der Waals surface area contributed by atoms with Crippen LogP contribution in [-0.2, 0) is 0 Å². The van der Waals surface area contributed by atoms with Gasteiger partial charge in [0.2, 0.25) is 0 Å². The van der Waals surface area contributed by atoms with E-state index in [9.17, 15) is 9.18 Å². The second kappa shape index (κ2) is 10.5. The molecule has 2 N–H and O–H groups in total. The molecule has 2 aromatic rings. The van der Waals surface area contributed by atoms with E-state index in [-0.39, 0.29) is 29.4 Å². The Labute approximate surface area is 194 Å². The van der Waals surface area contributed by atoms with E-state index in [2.05, 4.69) is 33.5 Å². The van der Waals surface area contributed by atoms with E-state index in [0.29, 0.717) is 11.6 Å². The molecule has 168 valence electrons. The summed E-state index contributed by atoms with van der Waals surface area (Å²) in [4.78, 5) is 19.4. The fourth-order valence-corrected chi connectivity index (χ4v) is 4.57. The molecule has 2 heterocycles. The molecule has 2 fully saturated rings. The first-order chi connectivity index (χ1) is 14.5. The highest BCUT2D eigenvalue weighted by atomic mass is 35.5. The van der Waals surface area contributed by atoms with E-state index in [1.807, 2.05) is 6.20 Å². The number of pyridine rings is 1. The Bertz CT molecular complexity index is 912. The number of nitrogens with zero attached hydrogens (tertiary/aromatic N) is 2. The van der Waals surface area contributed by atoms with Crippen LogP contribution >= 0.6 is 24.0 Å². The Balaban J connectivity index is 0.00000272. The molecule has 0 radical (unpaired) electrons. The van der Waals surface area contributed by atoms with Gasteiger partial charge in [-0.15, -0.1) is 12.4 Å². The molecule has 31 heavy (non-hydrogen) atoms. The van der Waals surface area contributed by atoms with Gasteiger partial charge in [0, 0.05) is 48.7 Å². The van der Waals surface area contributed by atoms with Gasteiger partial charge in [0.1, 0.15) is 11.6 Å². The van der Waals surface area contributed by atoms with Gasteiger partial charge in [-0.05, 0) is 69.2 Å². The Morgan fingerprint density at radius 1 is 1.13 bits per heavy atom. The molecule has 1 amide bonds. The molecule has 8 heteroatoms. The highest BCUT2D eigenvalue weighted by Crippen LogP contribution is 2.28. The number of rotatable bonds is 5. The molecule has 0 bridgehead atoms. The zero-order chi connectivity index (χ0) is 21.1. The Hall–Kier alpha value is -2.05. The third kappa shape index (κ3) is 5.80. The second-order valence-electron chi connectivity index (χ2n) is 8.35. The number of carbonyl (C=O) groups excluding carboxylic acids is 1. The van der Waals surface area contributed by atoms with Gasteiger partial charge in [-0.3, -0.25) is 4.79 Å². The number of hydrogen-bond donors (Lipinski definition) is 2. The first-order valence-corrected chi connectivity index (χ1v) is 11.1. The Morgan fingerprint density at radius 3 is 2.48 bits per heavy atom. The third-order valence-corrected chi connectivity index (χ3v) is 6.41. The minimum Gasteiger partial charge on any atom is -0.371 e. The van der Waals surface area contributed by atoms with Crippen LogP contribution in [0.15, 0.2) is 30.5 Å². The molecule has 0 atom stereocenters. The van der Waals surface area contributed by atoms with Crippen LogP contribution < -0.4 is 15.5 Å². The summed E-state index contributed by atoms with van der Waals surface area (Å²) in [5.41, 5.74) is 2.89. The number of amides is 1. The number of carbonyl (C=O) groups is 1.